The van der Waals surface area contributed by atoms with E-state index < -0.39 is 18.8 Å². The van der Waals surface area contributed by atoms with Gasteiger partial charge in [-0.15, -0.1) is 0 Å². The lowest BCUT2D eigenvalue weighted by Gasteiger charge is -2.12. The van der Waals surface area contributed by atoms with Crippen LogP contribution >= 0.6 is 0 Å². The number of benzene rings is 3. The van der Waals surface area contributed by atoms with Crippen LogP contribution in [-0.4, -0.2) is 60.6 Å². The largest absolute Gasteiger partial charge is 0.569 e. The van der Waals surface area contributed by atoms with Crippen LogP contribution < -0.4 is 29.9 Å². The Kier molecular flexibility index (Phi) is 11.7. The molecule has 5 N–H and O–H groups in total. The Balaban J connectivity index is 1.48. The van der Waals surface area contributed by atoms with Crippen molar-refractivity contribution in [3.05, 3.63) is 132 Å². The maximum atomic E-state index is 13.4. The molecule has 49 heavy (non-hydrogen) atoms. The van der Waals surface area contributed by atoms with Crippen LogP contribution in [0.25, 0.3) is 22.3 Å². The van der Waals surface area contributed by atoms with E-state index in [0.717, 1.165) is 33.4 Å². The van der Waals surface area contributed by atoms with Crippen molar-refractivity contribution in [3.63, 3.8) is 0 Å². The highest BCUT2D eigenvalue weighted by Crippen LogP contribution is 2.28. The molecule has 0 bridgehead atoms. The monoisotopic (exact) mass is 657 g/mol. The summed E-state index contributed by atoms with van der Waals surface area (Å²) in [6, 6.07) is 27.7. The first-order valence-electron chi connectivity index (χ1n) is 15.6. The lowest BCUT2D eigenvalue weighted by atomic mass is 9.77. The molecule has 0 fully saturated rings. The Morgan fingerprint density at radius 1 is 0.735 bits per heavy atom. The number of nitrogens with one attached hydrogen (secondary N) is 2. The van der Waals surface area contributed by atoms with E-state index in [4.69, 9.17) is 4.65 Å². The molecule has 0 spiro atoms. The Morgan fingerprint density at radius 2 is 1.31 bits per heavy atom. The Labute approximate surface area is 284 Å². The number of hydrogen-bond donors (Lipinski definition) is 5. The zero-order chi connectivity index (χ0) is 34.8. The molecular weight excluding hydrogens is 622 g/mol. The fourth-order valence-electron chi connectivity index (χ4n) is 5.38. The van der Waals surface area contributed by atoms with E-state index in [1.54, 1.807) is 30.3 Å². The van der Waals surface area contributed by atoms with E-state index >= 15 is 0 Å². The molecule has 2 heterocycles. The fourth-order valence-corrected chi connectivity index (χ4v) is 5.38. The summed E-state index contributed by atoms with van der Waals surface area (Å²) in [5.41, 5.74) is 5.62. The summed E-state index contributed by atoms with van der Waals surface area (Å²) in [5.74, 6) is -1.16. The van der Waals surface area contributed by atoms with Crippen LogP contribution in [0.4, 0.5) is 0 Å². The first kappa shape index (κ1) is 34.7. The summed E-state index contributed by atoms with van der Waals surface area (Å²) >= 11 is 0. The fraction of sp³-hybridized carbons (Fsp3) is 0.139. The highest BCUT2D eigenvalue weighted by molar-refractivity contribution is 6.59. The summed E-state index contributed by atoms with van der Waals surface area (Å²) in [6.45, 7) is 2.24. The second kappa shape index (κ2) is 16.5. The molecule has 2 amide bonds. The van der Waals surface area contributed by atoms with E-state index in [-0.39, 0.29) is 19.0 Å². The molecule has 0 saturated carbocycles. The van der Waals surface area contributed by atoms with Crippen molar-refractivity contribution < 1.29 is 43.2 Å². The van der Waals surface area contributed by atoms with Gasteiger partial charge in [0.1, 0.15) is 5.75 Å². The normalized spacial score (nSPS) is 10.6. The number of carbonyl (C=O) groups is 3. The number of carbonyl (C=O) groups excluding carboxylic acids is 3. The molecule has 3 aromatic carbocycles. The van der Waals surface area contributed by atoms with Gasteiger partial charge in [0.2, 0.25) is 5.78 Å². The Hall–Kier alpha value is -5.62. The molecule has 0 aliphatic carbocycles. The van der Waals surface area contributed by atoms with Gasteiger partial charge in [-0.2, -0.15) is 0 Å². The smallest absolute Gasteiger partial charge is 0.537 e. The number of pyridine rings is 2. The molecule has 0 atom stereocenters. The lowest BCUT2D eigenvalue weighted by molar-refractivity contribution is -0.687. The van der Waals surface area contributed by atoms with Gasteiger partial charge < -0.3 is 30.4 Å². The summed E-state index contributed by atoms with van der Waals surface area (Å²) in [6.07, 6.45) is 7.68. The van der Waals surface area contributed by atoms with Crippen molar-refractivity contribution in [2.75, 3.05) is 13.1 Å². The SMILES string of the molecule is CC(=O)C(=O)NCCNC(=O)c1cc(-c2ccc[n+](Cc3ccccc3O[B]O)c2)cc(-c2ccc[n+](Cc3ccccc3B(O)O)c2)c1. The number of nitrogens with zero attached hydrogens (tertiary/aromatic N) is 2. The molecular formula is C36H35B2N4O7+2. The van der Waals surface area contributed by atoms with Crippen molar-refractivity contribution in [3.8, 4) is 28.0 Å². The van der Waals surface area contributed by atoms with Crippen molar-refractivity contribution in [1.82, 2.24) is 10.6 Å². The predicted octanol–water partition coefficient (Wildman–Crippen LogP) is 0.712. The quantitative estimate of drug-likeness (QED) is 0.0511. The first-order chi connectivity index (χ1) is 23.7. The van der Waals surface area contributed by atoms with Gasteiger partial charge >= 0.3 is 14.8 Å². The topological polar surface area (TPSA) is 153 Å². The molecule has 0 aliphatic rings. The third-order valence-corrected chi connectivity index (χ3v) is 7.79. The van der Waals surface area contributed by atoms with Crippen molar-refractivity contribution >= 4 is 37.9 Å². The number of hydrogen-bond acceptors (Lipinski definition) is 7. The van der Waals surface area contributed by atoms with E-state index in [1.807, 2.05) is 94.6 Å². The van der Waals surface area contributed by atoms with Crippen LogP contribution in [0.5, 0.6) is 5.75 Å². The number of ketones is 1. The summed E-state index contributed by atoms with van der Waals surface area (Å²) in [5, 5.41) is 34.2. The van der Waals surface area contributed by atoms with Gasteiger partial charge in [0, 0.05) is 54.4 Å². The predicted molar refractivity (Wildman–Crippen MR) is 183 cm³/mol. The van der Waals surface area contributed by atoms with Crippen molar-refractivity contribution in [1.29, 1.82) is 0 Å². The summed E-state index contributed by atoms with van der Waals surface area (Å²) in [7, 11) is -0.951. The summed E-state index contributed by atoms with van der Waals surface area (Å²) in [4.78, 5) is 36.3. The number of aromatic nitrogens is 2. The Morgan fingerprint density at radius 3 is 1.92 bits per heavy atom. The molecule has 13 heteroatoms. The molecule has 0 saturated heterocycles. The number of rotatable bonds is 14. The Bertz CT molecular complexity index is 1970. The number of amides is 2. The van der Waals surface area contributed by atoms with Crippen LogP contribution in [0, 0.1) is 0 Å². The molecule has 1 radical (unpaired) electrons. The van der Waals surface area contributed by atoms with Crippen LogP contribution in [0.3, 0.4) is 0 Å². The molecule has 0 aliphatic heterocycles. The van der Waals surface area contributed by atoms with Gasteiger partial charge in [0.15, 0.2) is 37.9 Å². The zero-order valence-corrected chi connectivity index (χ0v) is 26.8. The minimum absolute atomic E-state index is 0.0946. The molecule has 245 valence electrons. The van der Waals surface area contributed by atoms with Gasteiger partial charge in [-0.05, 0) is 59.1 Å². The molecule has 5 rings (SSSR count). The van der Waals surface area contributed by atoms with Gasteiger partial charge in [-0.1, -0.05) is 36.4 Å². The minimum atomic E-state index is -1.60. The third-order valence-electron chi connectivity index (χ3n) is 7.79. The maximum absolute atomic E-state index is 13.4. The minimum Gasteiger partial charge on any atom is -0.537 e. The molecule has 0 unspecified atom stereocenters. The molecule has 11 nitrogen and oxygen atoms in total. The van der Waals surface area contributed by atoms with Crippen molar-refractivity contribution in [2.24, 2.45) is 0 Å². The van der Waals surface area contributed by atoms with Crippen LogP contribution in [-0.2, 0) is 22.7 Å². The van der Waals surface area contributed by atoms with Crippen LogP contribution in [0.2, 0.25) is 0 Å². The van der Waals surface area contributed by atoms with Gasteiger partial charge in [0.05, 0.1) is 5.56 Å². The summed E-state index contributed by atoms with van der Waals surface area (Å²) < 4.78 is 9.17. The van der Waals surface area contributed by atoms with Crippen LogP contribution in [0.1, 0.15) is 28.4 Å². The average Bonchev–Trinajstić information content (AvgIpc) is 3.11. The first-order valence-corrected chi connectivity index (χ1v) is 15.6. The van der Waals surface area contributed by atoms with E-state index in [9.17, 15) is 29.5 Å². The van der Waals surface area contributed by atoms with E-state index in [0.29, 0.717) is 37.6 Å². The second-order valence-electron chi connectivity index (χ2n) is 11.3. The lowest BCUT2D eigenvalue weighted by Crippen LogP contribution is -2.40. The van der Waals surface area contributed by atoms with Gasteiger partial charge in [0.25, 0.3) is 11.8 Å². The maximum Gasteiger partial charge on any atom is 0.569 e. The van der Waals surface area contributed by atoms with Crippen LogP contribution in [0.15, 0.2) is 116 Å². The van der Waals surface area contributed by atoms with E-state index in [2.05, 4.69) is 10.6 Å². The average molecular weight is 657 g/mol. The standard InChI is InChI=1S/C36H33B2N4O7/c1-25(43)35(44)39-14-15-40-36(45)32-19-30(26-10-6-16-41(21-26)23-28-8-2-4-12-33(28)38(47)48)18-31(20-32)27-11-7-17-42(22-27)24-29-9-3-5-13-34(29)49-37-46/h2-13,16-22,46-48H,14-15,23-24H2,1H3/p+2. The number of para-hydroxylation sites is 1. The highest BCUT2D eigenvalue weighted by atomic mass is 16.5. The second-order valence-corrected chi connectivity index (χ2v) is 11.3. The molecule has 2 aromatic heterocycles. The third kappa shape index (κ3) is 9.26. The highest BCUT2D eigenvalue weighted by Gasteiger charge is 2.19. The number of Topliss-reactive ketones (excluding diaryl/α,β-unsaturated/α-hetero) is 1. The van der Waals surface area contributed by atoms with Crippen molar-refractivity contribution in [2.45, 2.75) is 20.0 Å². The molecule has 5 aromatic rings. The van der Waals surface area contributed by atoms with Gasteiger partial charge in [-0.25, -0.2) is 9.13 Å². The zero-order valence-electron chi connectivity index (χ0n) is 26.8. The van der Waals surface area contributed by atoms with Gasteiger partial charge in [-0.3, -0.25) is 14.4 Å². The van der Waals surface area contributed by atoms with E-state index in [1.165, 1.54) is 6.92 Å².